The maximum absolute atomic E-state index is 11.7. The van der Waals surface area contributed by atoms with Gasteiger partial charge in [0.1, 0.15) is 0 Å². The molecule has 0 aliphatic carbocycles. The van der Waals surface area contributed by atoms with E-state index in [2.05, 4.69) is 36.2 Å². The van der Waals surface area contributed by atoms with Gasteiger partial charge in [-0.3, -0.25) is 5.43 Å². The number of carbonyl (C=O) groups excluding carboxylic acids is 3. The summed E-state index contributed by atoms with van der Waals surface area (Å²) in [5.41, 5.74) is 7.50. The number of para-hydroxylation sites is 1. The monoisotopic (exact) mass is 337 g/mol. The van der Waals surface area contributed by atoms with E-state index in [1.807, 2.05) is 6.07 Å². The highest BCUT2D eigenvalue weighted by molar-refractivity contribution is 6.05. The van der Waals surface area contributed by atoms with Crippen molar-refractivity contribution in [3.8, 4) is 0 Å². The van der Waals surface area contributed by atoms with Gasteiger partial charge in [0, 0.05) is 5.69 Å². The summed E-state index contributed by atoms with van der Waals surface area (Å²) in [7, 11) is 2.35. The number of nitrogens with zero attached hydrogens (tertiary/aromatic N) is 1. The molecule has 0 heterocycles. The second-order valence-corrected chi connectivity index (χ2v) is 4.40. The Morgan fingerprint density at radius 2 is 1.75 bits per heavy atom. The van der Waals surface area contributed by atoms with Crippen molar-refractivity contribution in [1.29, 1.82) is 0 Å². The first kappa shape index (κ1) is 18.9. The number of benzene rings is 1. The van der Waals surface area contributed by atoms with Crippen LogP contribution in [-0.4, -0.2) is 44.1 Å². The van der Waals surface area contributed by atoms with E-state index in [9.17, 15) is 14.4 Å². The summed E-state index contributed by atoms with van der Waals surface area (Å²) in [4.78, 5) is 34.5. The predicted octanol–water partition coefficient (Wildman–Crippen LogP) is 0.586. The predicted molar refractivity (Wildman–Crippen MR) is 86.2 cm³/mol. The van der Waals surface area contributed by atoms with Crippen LogP contribution in [0.25, 0.3) is 0 Å². The van der Waals surface area contributed by atoms with Crippen molar-refractivity contribution in [2.45, 2.75) is 13.0 Å². The number of hydrazine groups is 1. The summed E-state index contributed by atoms with van der Waals surface area (Å²) in [5.74, 6) is -0.710. The molecule has 24 heavy (non-hydrogen) atoms. The largest absolute Gasteiger partial charge is 0.468 e. The van der Waals surface area contributed by atoms with Crippen molar-refractivity contribution in [3.63, 3.8) is 0 Å². The Bertz CT molecular complexity index is 605. The zero-order chi connectivity index (χ0) is 17.9. The van der Waals surface area contributed by atoms with Gasteiger partial charge in [-0.2, -0.15) is 5.10 Å². The van der Waals surface area contributed by atoms with Gasteiger partial charge in [0.15, 0.2) is 6.04 Å². The molecule has 10 heteroatoms. The van der Waals surface area contributed by atoms with E-state index < -0.39 is 24.1 Å². The van der Waals surface area contributed by atoms with E-state index in [4.69, 9.17) is 0 Å². The van der Waals surface area contributed by atoms with Crippen LogP contribution in [0.3, 0.4) is 0 Å². The first-order chi connectivity index (χ1) is 11.5. The number of hydrogen-bond donors (Lipinski definition) is 4. The first-order valence-corrected chi connectivity index (χ1v) is 6.81. The van der Waals surface area contributed by atoms with Gasteiger partial charge < -0.3 is 14.8 Å². The average Bonchev–Trinajstić information content (AvgIpc) is 2.60. The third-order valence-corrected chi connectivity index (χ3v) is 2.72. The number of hydrogen-bond acceptors (Lipinski definition) is 7. The second-order valence-electron chi connectivity index (χ2n) is 4.40. The average molecular weight is 337 g/mol. The van der Waals surface area contributed by atoms with Gasteiger partial charge in [0.25, 0.3) is 0 Å². The number of rotatable bonds is 6. The van der Waals surface area contributed by atoms with Gasteiger partial charge in [-0.1, -0.05) is 18.2 Å². The van der Waals surface area contributed by atoms with Crippen LogP contribution in [0.1, 0.15) is 6.92 Å². The number of methoxy groups -OCH3 is 2. The van der Waals surface area contributed by atoms with Gasteiger partial charge in [-0.25, -0.2) is 25.2 Å². The molecule has 0 aliphatic rings. The summed E-state index contributed by atoms with van der Waals surface area (Å²) >= 11 is 0. The molecular formula is C14H19N5O5. The van der Waals surface area contributed by atoms with Gasteiger partial charge in [-0.15, -0.1) is 0 Å². The third-order valence-electron chi connectivity index (χ3n) is 2.72. The van der Waals surface area contributed by atoms with E-state index in [1.165, 1.54) is 21.1 Å². The third kappa shape index (κ3) is 6.32. The summed E-state index contributed by atoms with van der Waals surface area (Å²) in [6.07, 6.45) is -0.800. The summed E-state index contributed by atoms with van der Waals surface area (Å²) in [5, 5.41) is 6.35. The van der Waals surface area contributed by atoms with Crippen LogP contribution < -0.4 is 21.6 Å². The molecule has 1 aromatic rings. The highest BCUT2D eigenvalue weighted by Gasteiger charge is 2.23. The van der Waals surface area contributed by atoms with Gasteiger partial charge >= 0.3 is 18.1 Å². The number of esters is 1. The zero-order valence-electron chi connectivity index (χ0n) is 13.5. The molecule has 0 spiro atoms. The molecule has 1 atom stereocenters. The van der Waals surface area contributed by atoms with Gasteiger partial charge in [0.2, 0.25) is 0 Å². The number of amides is 3. The Kier molecular flexibility index (Phi) is 7.71. The van der Waals surface area contributed by atoms with Crippen LogP contribution in [-0.2, 0) is 14.3 Å². The Balaban J connectivity index is 2.65. The fourth-order valence-corrected chi connectivity index (χ4v) is 1.52. The SMILES string of the molecule is COC(=O)NNC(C(=O)OC)/C(C)=N/NC(=O)Nc1ccccc1. The molecule has 1 rings (SSSR count). The van der Waals surface area contributed by atoms with E-state index in [1.54, 1.807) is 24.3 Å². The van der Waals surface area contributed by atoms with Crippen molar-refractivity contribution in [3.05, 3.63) is 30.3 Å². The molecule has 0 saturated heterocycles. The van der Waals surface area contributed by atoms with Gasteiger partial charge in [0.05, 0.1) is 19.9 Å². The molecule has 130 valence electrons. The van der Waals surface area contributed by atoms with E-state index in [0.717, 1.165) is 0 Å². The van der Waals surface area contributed by atoms with Crippen LogP contribution in [0.5, 0.6) is 0 Å². The number of urea groups is 1. The molecule has 4 N–H and O–H groups in total. The molecule has 1 unspecified atom stereocenters. The quantitative estimate of drug-likeness (QED) is 0.341. The summed E-state index contributed by atoms with van der Waals surface area (Å²) < 4.78 is 8.97. The summed E-state index contributed by atoms with van der Waals surface area (Å²) in [6.45, 7) is 1.47. The minimum Gasteiger partial charge on any atom is -0.468 e. The molecule has 0 aliphatic heterocycles. The lowest BCUT2D eigenvalue weighted by atomic mass is 10.2. The molecule has 10 nitrogen and oxygen atoms in total. The molecule has 3 amide bonds. The Morgan fingerprint density at radius 1 is 1.08 bits per heavy atom. The molecule has 0 fully saturated rings. The lowest BCUT2D eigenvalue weighted by molar-refractivity contribution is -0.141. The van der Waals surface area contributed by atoms with Crippen LogP contribution >= 0.6 is 0 Å². The van der Waals surface area contributed by atoms with E-state index in [0.29, 0.717) is 5.69 Å². The standard InChI is InChI=1S/C14H19N5O5/c1-9(11(12(20)23-2)17-19-14(22)24-3)16-18-13(21)15-10-7-5-4-6-8-10/h4-8,11,17H,1-3H3,(H,19,22)(H2,15,18,21)/b16-9+. The number of nitrogens with one attached hydrogen (secondary N) is 4. The lowest BCUT2D eigenvalue weighted by Crippen LogP contribution is -2.52. The summed E-state index contributed by atoms with van der Waals surface area (Å²) in [6, 6.07) is 7.05. The smallest absolute Gasteiger partial charge is 0.421 e. The lowest BCUT2D eigenvalue weighted by Gasteiger charge is -2.16. The van der Waals surface area contributed by atoms with Crippen molar-refractivity contribution < 1.29 is 23.9 Å². The van der Waals surface area contributed by atoms with Crippen molar-refractivity contribution in [1.82, 2.24) is 16.3 Å². The Labute approximate surface area is 138 Å². The number of hydrazone groups is 1. The number of anilines is 1. The first-order valence-electron chi connectivity index (χ1n) is 6.81. The second kappa shape index (κ2) is 9.79. The zero-order valence-corrected chi connectivity index (χ0v) is 13.5. The molecule has 1 aromatic carbocycles. The minimum atomic E-state index is -1.11. The van der Waals surface area contributed by atoms with Crippen molar-refractivity contribution in [2.75, 3.05) is 19.5 Å². The van der Waals surface area contributed by atoms with Gasteiger partial charge in [-0.05, 0) is 19.1 Å². The maximum Gasteiger partial charge on any atom is 0.421 e. The van der Waals surface area contributed by atoms with Crippen LogP contribution in [0.4, 0.5) is 15.3 Å². The molecule has 0 bridgehead atoms. The highest BCUT2D eigenvalue weighted by atomic mass is 16.5. The van der Waals surface area contributed by atoms with Crippen LogP contribution in [0, 0.1) is 0 Å². The fourth-order valence-electron chi connectivity index (χ4n) is 1.52. The Hall–Kier alpha value is -3.14. The minimum absolute atomic E-state index is 0.154. The normalized spacial score (nSPS) is 11.9. The Morgan fingerprint density at radius 3 is 2.33 bits per heavy atom. The molecule has 0 aromatic heterocycles. The molecule has 0 saturated carbocycles. The fraction of sp³-hybridized carbons (Fsp3) is 0.286. The number of ether oxygens (including phenoxy) is 2. The molecular weight excluding hydrogens is 318 g/mol. The maximum atomic E-state index is 11.7. The number of carbonyl (C=O) groups is 3. The van der Waals surface area contributed by atoms with Crippen molar-refractivity contribution in [2.24, 2.45) is 5.10 Å². The van der Waals surface area contributed by atoms with Crippen LogP contribution in [0.15, 0.2) is 35.4 Å². The molecule has 0 radical (unpaired) electrons. The van der Waals surface area contributed by atoms with E-state index in [-0.39, 0.29) is 5.71 Å². The van der Waals surface area contributed by atoms with E-state index >= 15 is 0 Å². The topological polar surface area (TPSA) is 130 Å². The van der Waals surface area contributed by atoms with Crippen LogP contribution in [0.2, 0.25) is 0 Å². The highest BCUT2D eigenvalue weighted by Crippen LogP contribution is 2.04. The van der Waals surface area contributed by atoms with Crippen molar-refractivity contribution >= 4 is 29.5 Å².